The molecule has 4 nitrogen and oxygen atoms in total. The number of nitrogens with one attached hydrogen (secondary N) is 1. The van der Waals surface area contributed by atoms with Gasteiger partial charge in [0.2, 0.25) is 5.91 Å². The lowest BCUT2D eigenvalue weighted by molar-refractivity contribution is -0.120. The van der Waals surface area contributed by atoms with E-state index in [1.54, 1.807) is 7.11 Å². The molecular formula is C14H19BrN2O2. The van der Waals surface area contributed by atoms with E-state index in [-0.39, 0.29) is 11.8 Å². The molecular weight excluding hydrogens is 308 g/mol. The molecule has 0 bridgehead atoms. The number of nitrogens with two attached hydrogens (primary N) is 1. The fraction of sp³-hybridized carbons (Fsp3) is 0.500. The van der Waals surface area contributed by atoms with E-state index >= 15 is 0 Å². The molecule has 1 saturated carbocycles. The first-order chi connectivity index (χ1) is 9.15. The standard InChI is InChI=1S/C14H19BrN2O2/c1-19-13-6-5-10(15)7-12(13)17-14(18)11-4-2-3-9(11)8-16/h5-7,9,11H,2-4,8,16H2,1H3,(H,17,18)/t9-,11-/m1/s1. The third-order valence-electron chi connectivity index (χ3n) is 3.72. The highest BCUT2D eigenvalue weighted by Crippen LogP contribution is 2.34. The summed E-state index contributed by atoms with van der Waals surface area (Å²) in [5, 5.41) is 2.96. The number of amides is 1. The summed E-state index contributed by atoms with van der Waals surface area (Å²) in [6.07, 6.45) is 3.05. The Labute approximate surface area is 121 Å². The van der Waals surface area contributed by atoms with Gasteiger partial charge in [-0.05, 0) is 43.5 Å². The average molecular weight is 327 g/mol. The van der Waals surface area contributed by atoms with Crippen LogP contribution in [0.15, 0.2) is 22.7 Å². The van der Waals surface area contributed by atoms with E-state index in [1.165, 1.54) is 0 Å². The van der Waals surface area contributed by atoms with Crippen LogP contribution in [0.1, 0.15) is 19.3 Å². The maximum absolute atomic E-state index is 12.3. The molecule has 19 heavy (non-hydrogen) atoms. The van der Waals surface area contributed by atoms with Gasteiger partial charge in [0.25, 0.3) is 0 Å². The first-order valence-corrected chi connectivity index (χ1v) is 7.29. The van der Waals surface area contributed by atoms with Crippen LogP contribution in [0.4, 0.5) is 5.69 Å². The number of hydrogen-bond acceptors (Lipinski definition) is 3. The molecule has 104 valence electrons. The average Bonchev–Trinajstić information content (AvgIpc) is 2.87. The Balaban J connectivity index is 2.12. The van der Waals surface area contributed by atoms with Gasteiger partial charge in [0.15, 0.2) is 0 Å². The highest BCUT2D eigenvalue weighted by atomic mass is 79.9. The summed E-state index contributed by atoms with van der Waals surface area (Å²) in [6, 6.07) is 5.56. The minimum Gasteiger partial charge on any atom is -0.495 e. The van der Waals surface area contributed by atoms with Crippen molar-refractivity contribution in [3.63, 3.8) is 0 Å². The van der Waals surface area contributed by atoms with Gasteiger partial charge < -0.3 is 15.8 Å². The first kappa shape index (κ1) is 14.3. The minimum absolute atomic E-state index is 0.0219. The number of hydrogen-bond donors (Lipinski definition) is 2. The number of carbonyl (C=O) groups is 1. The van der Waals surface area contributed by atoms with Crippen LogP contribution in [-0.2, 0) is 4.79 Å². The molecule has 0 unspecified atom stereocenters. The van der Waals surface area contributed by atoms with E-state index in [0.29, 0.717) is 23.9 Å². The van der Waals surface area contributed by atoms with Crippen molar-refractivity contribution >= 4 is 27.5 Å². The van der Waals surface area contributed by atoms with Gasteiger partial charge in [-0.25, -0.2) is 0 Å². The van der Waals surface area contributed by atoms with E-state index in [2.05, 4.69) is 21.2 Å². The second kappa shape index (κ2) is 6.39. The molecule has 1 fully saturated rings. The van der Waals surface area contributed by atoms with Crippen LogP contribution in [-0.4, -0.2) is 19.6 Å². The normalized spacial score (nSPS) is 22.3. The zero-order valence-electron chi connectivity index (χ0n) is 11.0. The minimum atomic E-state index is 0.0219. The van der Waals surface area contributed by atoms with E-state index in [9.17, 15) is 4.79 Å². The topological polar surface area (TPSA) is 64.3 Å². The quantitative estimate of drug-likeness (QED) is 0.894. The zero-order valence-corrected chi connectivity index (χ0v) is 12.6. The highest BCUT2D eigenvalue weighted by Gasteiger charge is 2.32. The highest BCUT2D eigenvalue weighted by molar-refractivity contribution is 9.10. The Bertz CT molecular complexity index is 465. The predicted molar refractivity (Wildman–Crippen MR) is 79.2 cm³/mol. The van der Waals surface area contributed by atoms with Crippen molar-refractivity contribution in [1.29, 1.82) is 0 Å². The molecule has 5 heteroatoms. The molecule has 0 saturated heterocycles. The summed E-state index contributed by atoms with van der Waals surface area (Å²) in [4.78, 5) is 12.3. The third-order valence-corrected chi connectivity index (χ3v) is 4.21. The molecule has 3 N–H and O–H groups in total. The van der Waals surface area contributed by atoms with Gasteiger partial charge >= 0.3 is 0 Å². The van der Waals surface area contributed by atoms with Crippen molar-refractivity contribution in [3.05, 3.63) is 22.7 Å². The molecule has 2 rings (SSSR count). The molecule has 0 aliphatic heterocycles. The molecule has 0 radical (unpaired) electrons. The number of carbonyl (C=O) groups excluding carboxylic acids is 1. The summed E-state index contributed by atoms with van der Waals surface area (Å²) < 4.78 is 6.16. The molecule has 0 aromatic heterocycles. The molecule has 1 aliphatic carbocycles. The largest absolute Gasteiger partial charge is 0.495 e. The summed E-state index contributed by atoms with van der Waals surface area (Å²) >= 11 is 3.40. The van der Waals surface area contributed by atoms with Gasteiger partial charge in [-0.2, -0.15) is 0 Å². The van der Waals surface area contributed by atoms with Gasteiger partial charge in [0.1, 0.15) is 5.75 Å². The monoisotopic (exact) mass is 326 g/mol. The van der Waals surface area contributed by atoms with Crippen molar-refractivity contribution in [2.75, 3.05) is 19.0 Å². The first-order valence-electron chi connectivity index (χ1n) is 6.50. The lowest BCUT2D eigenvalue weighted by Gasteiger charge is -2.18. The van der Waals surface area contributed by atoms with Crippen LogP contribution < -0.4 is 15.8 Å². The Kier molecular flexibility index (Phi) is 4.82. The summed E-state index contributed by atoms with van der Waals surface area (Å²) in [6.45, 7) is 0.577. The molecule has 1 aromatic carbocycles. The van der Waals surface area contributed by atoms with Crippen LogP contribution in [0.5, 0.6) is 5.75 Å². The Hall–Kier alpha value is -1.07. The zero-order chi connectivity index (χ0) is 13.8. The second-order valence-corrected chi connectivity index (χ2v) is 5.78. The van der Waals surface area contributed by atoms with Crippen molar-refractivity contribution in [2.45, 2.75) is 19.3 Å². The van der Waals surface area contributed by atoms with E-state index in [1.807, 2.05) is 18.2 Å². The van der Waals surface area contributed by atoms with Crippen molar-refractivity contribution in [2.24, 2.45) is 17.6 Å². The maximum atomic E-state index is 12.3. The number of methoxy groups -OCH3 is 1. The summed E-state index contributed by atoms with van der Waals surface area (Å²) in [7, 11) is 1.59. The second-order valence-electron chi connectivity index (χ2n) is 4.87. The Morgan fingerprint density at radius 3 is 3.00 bits per heavy atom. The van der Waals surface area contributed by atoms with Gasteiger partial charge in [-0.3, -0.25) is 4.79 Å². The van der Waals surface area contributed by atoms with Gasteiger partial charge in [-0.1, -0.05) is 22.4 Å². The lowest BCUT2D eigenvalue weighted by Crippen LogP contribution is -2.29. The van der Waals surface area contributed by atoms with Crippen LogP contribution in [0, 0.1) is 11.8 Å². The van der Waals surface area contributed by atoms with Crippen LogP contribution in [0.25, 0.3) is 0 Å². The molecule has 1 amide bonds. The van der Waals surface area contributed by atoms with E-state index < -0.39 is 0 Å². The van der Waals surface area contributed by atoms with Crippen molar-refractivity contribution in [3.8, 4) is 5.75 Å². The summed E-state index contributed by atoms with van der Waals surface area (Å²) in [5.74, 6) is 1.04. The van der Waals surface area contributed by atoms with Crippen molar-refractivity contribution < 1.29 is 9.53 Å². The fourth-order valence-corrected chi connectivity index (χ4v) is 3.03. The predicted octanol–water partition coefficient (Wildman–Crippen LogP) is 2.77. The summed E-state index contributed by atoms with van der Waals surface area (Å²) in [5.41, 5.74) is 6.42. The smallest absolute Gasteiger partial charge is 0.227 e. The maximum Gasteiger partial charge on any atom is 0.227 e. The van der Waals surface area contributed by atoms with Gasteiger partial charge in [-0.15, -0.1) is 0 Å². The van der Waals surface area contributed by atoms with Gasteiger partial charge in [0.05, 0.1) is 12.8 Å². The van der Waals surface area contributed by atoms with Crippen molar-refractivity contribution in [1.82, 2.24) is 0 Å². The van der Waals surface area contributed by atoms with E-state index in [4.69, 9.17) is 10.5 Å². The third kappa shape index (κ3) is 3.28. The number of rotatable bonds is 4. The Morgan fingerprint density at radius 1 is 1.53 bits per heavy atom. The van der Waals surface area contributed by atoms with E-state index in [0.717, 1.165) is 23.7 Å². The number of anilines is 1. The molecule has 1 aliphatic rings. The van der Waals surface area contributed by atoms with Crippen LogP contribution in [0.2, 0.25) is 0 Å². The van der Waals surface area contributed by atoms with Crippen LogP contribution in [0.3, 0.4) is 0 Å². The molecule has 0 heterocycles. The molecule has 0 spiro atoms. The molecule has 2 atom stereocenters. The Morgan fingerprint density at radius 2 is 2.32 bits per heavy atom. The number of ether oxygens (including phenoxy) is 1. The molecule has 1 aromatic rings. The van der Waals surface area contributed by atoms with Crippen LogP contribution >= 0.6 is 15.9 Å². The lowest BCUT2D eigenvalue weighted by atomic mass is 9.95. The van der Waals surface area contributed by atoms with Gasteiger partial charge in [0, 0.05) is 10.4 Å². The number of benzene rings is 1. The fourth-order valence-electron chi connectivity index (χ4n) is 2.67. The SMILES string of the molecule is COc1ccc(Br)cc1NC(=O)[C@@H]1CCC[C@@H]1CN. The number of halogens is 1.